The molecule has 0 saturated carbocycles. The number of nitrogens with zero attached hydrogens (tertiary/aromatic N) is 4. The van der Waals surface area contributed by atoms with Crippen molar-refractivity contribution in [2.45, 2.75) is 6.54 Å². The van der Waals surface area contributed by atoms with Crippen molar-refractivity contribution in [1.29, 1.82) is 0 Å². The van der Waals surface area contributed by atoms with E-state index in [1.165, 1.54) is 0 Å². The van der Waals surface area contributed by atoms with Gasteiger partial charge >= 0.3 is 0 Å². The second-order valence-corrected chi connectivity index (χ2v) is 5.16. The molecule has 98 valence electrons. The molecular formula is C11H17N5OS. The molecule has 0 fully saturated rings. The highest BCUT2D eigenvalue weighted by Crippen LogP contribution is 2.23. The van der Waals surface area contributed by atoms with Crippen LogP contribution in [0.1, 0.15) is 5.69 Å². The van der Waals surface area contributed by atoms with Gasteiger partial charge < -0.3 is 15.5 Å². The Morgan fingerprint density at radius 3 is 2.83 bits per heavy atom. The van der Waals surface area contributed by atoms with Gasteiger partial charge in [-0.15, -0.1) is 11.3 Å². The van der Waals surface area contributed by atoms with E-state index in [1.807, 2.05) is 27.9 Å². The molecule has 2 heterocycles. The van der Waals surface area contributed by atoms with Crippen LogP contribution < -0.4 is 10.6 Å². The molecule has 0 radical (unpaired) electrons. The average molecular weight is 267 g/mol. The molecule has 0 aliphatic heterocycles. The fourth-order valence-electron chi connectivity index (χ4n) is 1.74. The third-order valence-corrected chi connectivity index (χ3v) is 3.52. The fourth-order valence-corrected chi connectivity index (χ4v) is 2.46. The number of hydrogen-bond donors (Lipinski definition) is 1. The first kappa shape index (κ1) is 12.8. The zero-order valence-electron chi connectivity index (χ0n) is 10.8. The minimum Gasteiger partial charge on any atom is -0.349 e. The van der Waals surface area contributed by atoms with E-state index in [4.69, 9.17) is 5.73 Å². The van der Waals surface area contributed by atoms with Crippen LogP contribution in [0.4, 0.5) is 5.82 Å². The number of imidazole rings is 1. The van der Waals surface area contributed by atoms with Crippen molar-refractivity contribution < 1.29 is 4.79 Å². The normalized spacial score (nSPS) is 10.9. The van der Waals surface area contributed by atoms with Gasteiger partial charge in [-0.3, -0.25) is 9.20 Å². The van der Waals surface area contributed by atoms with Gasteiger partial charge in [0, 0.05) is 39.3 Å². The monoisotopic (exact) mass is 267 g/mol. The molecule has 7 heteroatoms. The van der Waals surface area contributed by atoms with Crippen LogP contribution in [0.3, 0.4) is 0 Å². The third-order valence-electron chi connectivity index (χ3n) is 2.77. The Labute approximate surface area is 110 Å². The van der Waals surface area contributed by atoms with E-state index in [2.05, 4.69) is 4.98 Å². The predicted octanol–water partition coefficient (Wildman–Crippen LogP) is 0.379. The number of nitrogens with two attached hydrogens (primary N) is 1. The molecule has 18 heavy (non-hydrogen) atoms. The van der Waals surface area contributed by atoms with E-state index < -0.39 is 0 Å². The van der Waals surface area contributed by atoms with Gasteiger partial charge in [0.2, 0.25) is 5.91 Å². The van der Waals surface area contributed by atoms with Crippen molar-refractivity contribution in [2.24, 2.45) is 5.73 Å². The van der Waals surface area contributed by atoms with Gasteiger partial charge in [-0.1, -0.05) is 0 Å². The number of anilines is 1. The SMILES string of the molecule is CN(C)C(=O)CN(C)c1nc2sccn2c1CN. The summed E-state index contributed by atoms with van der Waals surface area (Å²) in [6.45, 7) is 0.693. The molecule has 0 spiro atoms. The number of fused-ring (bicyclic) bond motifs is 1. The van der Waals surface area contributed by atoms with E-state index in [0.717, 1.165) is 16.5 Å². The first-order chi connectivity index (χ1) is 8.54. The van der Waals surface area contributed by atoms with Crippen LogP contribution in [0.25, 0.3) is 4.96 Å². The summed E-state index contributed by atoms with van der Waals surface area (Å²) >= 11 is 1.55. The largest absolute Gasteiger partial charge is 0.349 e. The van der Waals surface area contributed by atoms with Gasteiger partial charge in [-0.2, -0.15) is 0 Å². The Kier molecular flexibility index (Phi) is 3.53. The summed E-state index contributed by atoms with van der Waals surface area (Å²) < 4.78 is 1.97. The lowest BCUT2D eigenvalue weighted by Crippen LogP contribution is -2.35. The summed E-state index contributed by atoms with van der Waals surface area (Å²) in [5.41, 5.74) is 6.70. The molecule has 0 atom stereocenters. The van der Waals surface area contributed by atoms with Crippen LogP contribution in [0.2, 0.25) is 0 Å². The molecule has 0 aliphatic rings. The van der Waals surface area contributed by atoms with E-state index in [0.29, 0.717) is 13.1 Å². The van der Waals surface area contributed by atoms with Crippen molar-refractivity contribution in [3.63, 3.8) is 0 Å². The van der Waals surface area contributed by atoms with Gasteiger partial charge in [0.25, 0.3) is 0 Å². The number of aromatic nitrogens is 2. The fraction of sp³-hybridized carbons (Fsp3) is 0.455. The molecule has 2 N–H and O–H groups in total. The Balaban J connectivity index is 2.29. The van der Waals surface area contributed by atoms with Crippen molar-refractivity contribution in [1.82, 2.24) is 14.3 Å². The zero-order chi connectivity index (χ0) is 13.3. The van der Waals surface area contributed by atoms with Gasteiger partial charge in [0.15, 0.2) is 10.8 Å². The van der Waals surface area contributed by atoms with Crippen molar-refractivity contribution in [2.75, 3.05) is 32.6 Å². The first-order valence-corrected chi connectivity index (χ1v) is 6.48. The van der Waals surface area contributed by atoms with Crippen molar-refractivity contribution in [3.8, 4) is 0 Å². The number of thiazole rings is 1. The van der Waals surface area contributed by atoms with Crippen LogP contribution in [0, 0.1) is 0 Å². The topological polar surface area (TPSA) is 66.9 Å². The molecular weight excluding hydrogens is 250 g/mol. The minimum absolute atomic E-state index is 0.0387. The van der Waals surface area contributed by atoms with Crippen LogP contribution in [0.5, 0.6) is 0 Å². The second kappa shape index (κ2) is 4.95. The van der Waals surface area contributed by atoms with Gasteiger partial charge in [-0.25, -0.2) is 4.98 Å². The number of amides is 1. The third kappa shape index (κ3) is 2.19. The first-order valence-electron chi connectivity index (χ1n) is 5.60. The predicted molar refractivity (Wildman–Crippen MR) is 72.9 cm³/mol. The number of likely N-dealkylation sites (N-methyl/N-ethyl adjacent to an activating group) is 2. The highest BCUT2D eigenvalue weighted by atomic mass is 32.1. The van der Waals surface area contributed by atoms with Gasteiger partial charge in [-0.05, 0) is 0 Å². The summed E-state index contributed by atoms with van der Waals surface area (Å²) in [5, 5.41) is 1.97. The highest BCUT2D eigenvalue weighted by Gasteiger charge is 2.17. The molecule has 2 aromatic rings. The molecule has 1 amide bonds. The molecule has 0 bridgehead atoms. The lowest BCUT2D eigenvalue weighted by Gasteiger charge is -2.19. The minimum atomic E-state index is 0.0387. The van der Waals surface area contributed by atoms with Gasteiger partial charge in [0.05, 0.1) is 12.2 Å². The summed E-state index contributed by atoms with van der Waals surface area (Å²) in [6, 6.07) is 0. The summed E-state index contributed by atoms with van der Waals surface area (Å²) in [6.07, 6.45) is 1.94. The molecule has 0 unspecified atom stereocenters. The van der Waals surface area contributed by atoms with Crippen LogP contribution in [-0.4, -0.2) is 47.9 Å². The maximum atomic E-state index is 11.7. The quantitative estimate of drug-likeness (QED) is 0.869. The summed E-state index contributed by atoms with van der Waals surface area (Å²) in [4.78, 5) is 20.5. The maximum absolute atomic E-state index is 11.7. The lowest BCUT2D eigenvalue weighted by atomic mass is 10.4. The number of hydrogen-bond acceptors (Lipinski definition) is 5. The summed E-state index contributed by atoms with van der Waals surface area (Å²) in [5.74, 6) is 0.816. The Morgan fingerprint density at radius 2 is 2.22 bits per heavy atom. The van der Waals surface area contributed by atoms with E-state index in [9.17, 15) is 4.79 Å². The second-order valence-electron chi connectivity index (χ2n) is 4.29. The number of carbonyl (C=O) groups is 1. The van der Waals surface area contributed by atoms with E-state index in [1.54, 1.807) is 30.3 Å². The Morgan fingerprint density at radius 1 is 1.50 bits per heavy atom. The lowest BCUT2D eigenvalue weighted by molar-refractivity contribution is -0.127. The zero-order valence-corrected chi connectivity index (χ0v) is 11.6. The number of carbonyl (C=O) groups excluding carboxylic acids is 1. The van der Waals surface area contributed by atoms with Crippen LogP contribution in [-0.2, 0) is 11.3 Å². The molecule has 2 rings (SSSR count). The Bertz CT molecular complexity index is 559. The molecule has 2 aromatic heterocycles. The maximum Gasteiger partial charge on any atom is 0.241 e. The number of rotatable bonds is 4. The van der Waals surface area contributed by atoms with Crippen molar-refractivity contribution in [3.05, 3.63) is 17.3 Å². The van der Waals surface area contributed by atoms with Crippen molar-refractivity contribution >= 4 is 28.0 Å². The molecule has 0 aliphatic carbocycles. The summed E-state index contributed by atoms with van der Waals surface area (Å²) in [7, 11) is 5.34. The Hall–Kier alpha value is -1.60. The molecule has 0 saturated heterocycles. The average Bonchev–Trinajstić information content (AvgIpc) is 2.87. The van der Waals surface area contributed by atoms with E-state index in [-0.39, 0.29) is 5.91 Å². The van der Waals surface area contributed by atoms with Crippen LogP contribution in [0.15, 0.2) is 11.6 Å². The molecule has 6 nitrogen and oxygen atoms in total. The van der Waals surface area contributed by atoms with Gasteiger partial charge in [0.1, 0.15) is 0 Å². The standard InChI is InChI=1S/C11H17N5OS/c1-14(2)9(17)7-15(3)10-8(6-12)16-4-5-18-11(16)13-10/h4-5H,6-7,12H2,1-3H3. The van der Waals surface area contributed by atoms with Crippen LogP contribution >= 0.6 is 11.3 Å². The smallest absolute Gasteiger partial charge is 0.241 e. The van der Waals surface area contributed by atoms with E-state index >= 15 is 0 Å². The molecule has 0 aromatic carbocycles. The highest BCUT2D eigenvalue weighted by molar-refractivity contribution is 7.15.